The van der Waals surface area contributed by atoms with Gasteiger partial charge in [-0.25, -0.2) is 0 Å². The Balaban J connectivity index is 2.99. The van der Waals surface area contributed by atoms with Crippen molar-refractivity contribution in [1.82, 2.24) is 0 Å². The summed E-state index contributed by atoms with van der Waals surface area (Å²) in [6, 6.07) is 0. The highest BCUT2D eigenvalue weighted by atomic mass is 32.1. The van der Waals surface area contributed by atoms with Gasteiger partial charge in [0.15, 0.2) is 0 Å². The molecule has 6 heavy (non-hydrogen) atoms. The van der Waals surface area contributed by atoms with Crippen molar-refractivity contribution >= 4 is 15.8 Å². The Morgan fingerprint density at radius 3 is 0.833 bits per heavy atom. The third-order valence-electron chi connectivity index (χ3n) is 0.267. The number of hydrogen-bond acceptors (Lipinski definition) is 4. The molecular formula is H8N4P2. The first-order valence-electron chi connectivity index (χ1n) is 1.23. The van der Waals surface area contributed by atoms with E-state index in [1.165, 1.54) is 0 Å². The molecular weight excluding hydrogens is 118 g/mol. The first-order valence-corrected chi connectivity index (χ1v) is 4.90. The van der Waals surface area contributed by atoms with Crippen molar-refractivity contribution in [3.8, 4) is 0 Å². The van der Waals surface area contributed by atoms with E-state index in [0.29, 0.717) is 0 Å². The van der Waals surface area contributed by atoms with Gasteiger partial charge in [0.2, 0.25) is 0 Å². The largest absolute Gasteiger partial charge is 0.292 e. The molecule has 0 saturated carbocycles. The topological polar surface area (TPSA) is 104 Å². The summed E-state index contributed by atoms with van der Waals surface area (Å²) >= 11 is 0. The summed E-state index contributed by atoms with van der Waals surface area (Å²) in [7, 11) is -2.08. The van der Waals surface area contributed by atoms with E-state index < -0.39 is 15.8 Å². The minimum Gasteiger partial charge on any atom is -0.292 e. The van der Waals surface area contributed by atoms with Crippen LogP contribution in [0.15, 0.2) is 0 Å². The lowest BCUT2D eigenvalue weighted by Crippen LogP contribution is -2.06. The average molecular weight is 126 g/mol. The minimum atomic E-state index is -1.04. The number of hydrogen-bond donors (Lipinski definition) is 4. The molecule has 8 N–H and O–H groups in total. The summed E-state index contributed by atoms with van der Waals surface area (Å²) in [5.74, 6) is 0. The highest BCUT2D eigenvalue weighted by Gasteiger charge is 1.97. The first-order chi connectivity index (χ1) is 2.64. The van der Waals surface area contributed by atoms with Crippen molar-refractivity contribution in [2.24, 2.45) is 22.0 Å². The van der Waals surface area contributed by atoms with Gasteiger partial charge >= 0.3 is 0 Å². The van der Waals surface area contributed by atoms with Crippen molar-refractivity contribution in [2.75, 3.05) is 0 Å². The van der Waals surface area contributed by atoms with E-state index >= 15 is 0 Å². The molecule has 0 aliphatic rings. The van der Waals surface area contributed by atoms with Crippen LogP contribution in [0.2, 0.25) is 0 Å². The second-order valence-electron chi connectivity index (χ2n) is 0.760. The van der Waals surface area contributed by atoms with Crippen LogP contribution in [0.3, 0.4) is 0 Å². The Labute approximate surface area is 38.9 Å². The van der Waals surface area contributed by atoms with Crippen LogP contribution in [-0.4, -0.2) is 0 Å². The molecule has 0 saturated heterocycles. The van der Waals surface area contributed by atoms with Crippen LogP contribution in [0.25, 0.3) is 0 Å². The van der Waals surface area contributed by atoms with Crippen molar-refractivity contribution in [3.05, 3.63) is 0 Å². The average Bonchev–Trinajstić information content (AvgIpc) is 1.36. The fourth-order valence-corrected chi connectivity index (χ4v) is 0. The van der Waals surface area contributed by atoms with E-state index in [1.807, 2.05) is 0 Å². The Morgan fingerprint density at radius 2 is 0.833 bits per heavy atom. The van der Waals surface area contributed by atoms with E-state index in [2.05, 4.69) is 0 Å². The van der Waals surface area contributed by atoms with E-state index in [1.54, 1.807) is 0 Å². The van der Waals surface area contributed by atoms with E-state index in [9.17, 15) is 0 Å². The molecule has 0 amide bonds. The fraction of sp³-hybridized carbons (Fsp3) is 0. The van der Waals surface area contributed by atoms with Crippen molar-refractivity contribution in [3.63, 3.8) is 0 Å². The van der Waals surface area contributed by atoms with E-state index in [4.69, 9.17) is 22.0 Å². The maximum Gasteiger partial charge on any atom is 0.0854 e. The third-order valence-corrected chi connectivity index (χ3v) is 2.40. The van der Waals surface area contributed by atoms with Crippen molar-refractivity contribution in [1.29, 1.82) is 0 Å². The Morgan fingerprint density at radius 1 is 0.667 bits per heavy atom. The fourth-order valence-electron chi connectivity index (χ4n) is 0. The van der Waals surface area contributed by atoms with Crippen LogP contribution in [0.5, 0.6) is 0 Å². The molecule has 0 aromatic carbocycles. The van der Waals surface area contributed by atoms with Crippen LogP contribution in [0, 0.1) is 0 Å². The lowest BCUT2D eigenvalue weighted by atomic mass is 13.9. The van der Waals surface area contributed by atoms with Gasteiger partial charge in [-0.05, 0) is 0 Å². The molecule has 0 aromatic rings. The van der Waals surface area contributed by atoms with Crippen molar-refractivity contribution < 1.29 is 0 Å². The van der Waals surface area contributed by atoms with Gasteiger partial charge in [0, 0.05) is 0 Å². The van der Waals surface area contributed by atoms with E-state index in [-0.39, 0.29) is 0 Å². The van der Waals surface area contributed by atoms with Crippen LogP contribution >= 0.6 is 15.8 Å². The van der Waals surface area contributed by atoms with Crippen molar-refractivity contribution in [2.45, 2.75) is 0 Å². The molecule has 38 valence electrons. The molecule has 0 atom stereocenters. The van der Waals surface area contributed by atoms with Gasteiger partial charge in [-0.3, -0.25) is 22.0 Å². The van der Waals surface area contributed by atoms with E-state index in [0.717, 1.165) is 0 Å². The maximum atomic E-state index is 5.06. The molecule has 0 aliphatic carbocycles. The van der Waals surface area contributed by atoms with Gasteiger partial charge in [-0.2, -0.15) is 0 Å². The zero-order valence-corrected chi connectivity index (χ0v) is 4.99. The highest BCUT2D eigenvalue weighted by Crippen LogP contribution is 2.44. The summed E-state index contributed by atoms with van der Waals surface area (Å²) in [6.45, 7) is 0. The molecule has 6 heteroatoms. The van der Waals surface area contributed by atoms with Crippen LogP contribution in [0.4, 0.5) is 0 Å². The van der Waals surface area contributed by atoms with Crippen LogP contribution < -0.4 is 22.0 Å². The van der Waals surface area contributed by atoms with Gasteiger partial charge in [0.25, 0.3) is 0 Å². The van der Waals surface area contributed by atoms with Gasteiger partial charge < -0.3 is 0 Å². The predicted molar refractivity (Wildman–Crippen MR) is 30.6 cm³/mol. The molecule has 0 rings (SSSR count). The molecule has 0 bridgehead atoms. The molecule has 0 unspecified atom stereocenters. The van der Waals surface area contributed by atoms with Gasteiger partial charge in [-0.1, -0.05) is 0 Å². The SMILES string of the molecule is NP(N)P(N)N. The summed E-state index contributed by atoms with van der Waals surface area (Å²) < 4.78 is 0. The number of rotatable bonds is 1. The molecule has 0 heterocycles. The molecule has 0 aliphatic heterocycles. The molecule has 0 aromatic heterocycles. The quantitative estimate of drug-likeness (QED) is 0.351. The summed E-state index contributed by atoms with van der Waals surface area (Å²) in [5, 5.41) is 0. The minimum absolute atomic E-state index is 1.04. The summed E-state index contributed by atoms with van der Waals surface area (Å²) in [5.41, 5.74) is 20.2. The lowest BCUT2D eigenvalue weighted by molar-refractivity contribution is 1.78. The maximum absolute atomic E-state index is 5.06. The first kappa shape index (κ1) is 6.70. The van der Waals surface area contributed by atoms with Crippen LogP contribution in [0.1, 0.15) is 0 Å². The third kappa shape index (κ3) is 2.91. The smallest absolute Gasteiger partial charge is 0.0854 e. The summed E-state index contributed by atoms with van der Waals surface area (Å²) in [4.78, 5) is 0. The van der Waals surface area contributed by atoms with Gasteiger partial charge in [-0.15, -0.1) is 0 Å². The Bertz CT molecular complexity index is 26.5. The number of nitrogens with two attached hydrogens (primary N) is 4. The molecule has 0 fully saturated rings. The second kappa shape index (κ2) is 2.80. The predicted octanol–water partition coefficient (Wildman–Crippen LogP) is -0.640. The monoisotopic (exact) mass is 126 g/mol. The Hall–Kier alpha value is 0.700. The molecule has 0 radical (unpaired) electrons. The second-order valence-corrected chi connectivity index (χ2v) is 5.05. The van der Waals surface area contributed by atoms with Crippen LogP contribution in [-0.2, 0) is 0 Å². The normalized spacial score (nSPS) is 11.0. The lowest BCUT2D eigenvalue weighted by Gasteiger charge is -2.05. The Kier molecular flexibility index (Phi) is 3.13. The van der Waals surface area contributed by atoms with Gasteiger partial charge in [0.1, 0.15) is 0 Å². The molecule has 4 nitrogen and oxygen atoms in total. The van der Waals surface area contributed by atoms with Gasteiger partial charge in [0.05, 0.1) is 15.8 Å². The molecule has 0 spiro atoms. The summed E-state index contributed by atoms with van der Waals surface area (Å²) in [6.07, 6.45) is 0. The highest BCUT2D eigenvalue weighted by molar-refractivity contribution is 8.25. The zero-order chi connectivity index (χ0) is 5.15. The zero-order valence-electron chi connectivity index (χ0n) is 3.20. The standard InChI is InChI=1S/H8N4P2/c1-5(2)6(3)4/h1-4H2.